The first-order valence-corrected chi connectivity index (χ1v) is 9.62. The van der Waals surface area contributed by atoms with E-state index in [2.05, 4.69) is 5.32 Å². The zero-order valence-electron chi connectivity index (χ0n) is 12.2. The summed E-state index contributed by atoms with van der Waals surface area (Å²) < 4.78 is 27.5. The van der Waals surface area contributed by atoms with Gasteiger partial charge in [0.2, 0.25) is 0 Å². The van der Waals surface area contributed by atoms with Crippen LogP contribution < -0.4 is 5.32 Å². The average molecular weight is 367 g/mol. The number of halogens is 1. The van der Waals surface area contributed by atoms with Gasteiger partial charge in [-0.1, -0.05) is 11.6 Å². The predicted octanol–water partition coefficient (Wildman–Crippen LogP) is 1.78. The van der Waals surface area contributed by atoms with Crippen molar-refractivity contribution in [1.29, 1.82) is 0 Å². The molecule has 0 aromatic carbocycles. The largest absolute Gasteiger partial charge is 0.480 e. The van der Waals surface area contributed by atoms with E-state index in [0.717, 1.165) is 29.7 Å². The third kappa shape index (κ3) is 4.20. The third-order valence-electron chi connectivity index (χ3n) is 3.62. The van der Waals surface area contributed by atoms with Crippen LogP contribution in [0.3, 0.4) is 0 Å². The molecular weight excluding hydrogens is 348 g/mol. The zero-order chi connectivity index (χ0) is 16.3. The van der Waals surface area contributed by atoms with Crippen LogP contribution in [0, 0.1) is 12.8 Å². The van der Waals surface area contributed by atoms with Crippen molar-refractivity contribution in [3.8, 4) is 0 Å². The van der Waals surface area contributed by atoms with Crippen LogP contribution in [-0.4, -0.2) is 50.0 Å². The molecule has 1 atom stereocenters. The van der Waals surface area contributed by atoms with Crippen LogP contribution in [0.25, 0.3) is 0 Å². The lowest BCUT2D eigenvalue weighted by atomic mass is 10.00. The number of thiophene rings is 1. The van der Waals surface area contributed by atoms with E-state index < -0.39 is 16.0 Å². The van der Waals surface area contributed by atoms with E-state index in [9.17, 15) is 13.2 Å². The Morgan fingerprint density at radius 1 is 1.59 bits per heavy atom. The zero-order valence-corrected chi connectivity index (χ0v) is 14.6. The topological polar surface area (TPSA) is 86.7 Å². The van der Waals surface area contributed by atoms with Crippen molar-refractivity contribution in [1.82, 2.24) is 9.62 Å². The van der Waals surface area contributed by atoms with Crippen LogP contribution >= 0.6 is 22.9 Å². The minimum Gasteiger partial charge on any atom is -0.480 e. The van der Waals surface area contributed by atoms with Crippen molar-refractivity contribution < 1.29 is 18.3 Å². The normalized spacial score (nSPS) is 20.2. The summed E-state index contributed by atoms with van der Waals surface area (Å²) in [5.41, 5.74) is 0.766. The molecule has 1 fully saturated rings. The van der Waals surface area contributed by atoms with Crippen LogP contribution in [0.4, 0.5) is 0 Å². The van der Waals surface area contributed by atoms with Gasteiger partial charge in [-0.3, -0.25) is 4.79 Å². The Balaban J connectivity index is 2.03. The molecule has 6 nitrogen and oxygen atoms in total. The Labute approximate surface area is 139 Å². The van der Waals surface area contributed by atoms with E-state index in [1.54, 1.807) is 13.0 Å². The highest BCUT2D eigenvalue weighted by Gasteiger charge is 2.31. The Morgan fingerprint density at radius 3 is 2.91 bits per heavy atom. The Kier molecular flexibility index (Phi) is 5.84. The van der Waals surface area contributed by atoms with Crippen LogP contribution in [-0.2, 0) is 14.8 Å². The molecule has 1 aromatic rings. The molecule has 2 N–H and O–H groups in total. The van der Waals surface area contributed by atoms with Gasteiger partial charge >= 0.3 is 5.97 Å². The molecule has 0 radical (unpaired) electrons. The number of aryl methyl sites for hydroxylation is 1. The molecule has 124 valence electrons. The number of carbonyl (C=O) groups is 1. The number of nitrogens with zero attached hydrogens (tertiary/aromatic N) is 1. The monoisotopic (exact) mass is 366 g/mol. The number of carboxylic acids is 1. The Bertz CT molecular complexity index is 625. The Morgan fingerprint density at radius 2 is 2.32 bits per heavy atom. The number of rotatable bonds is 6. The lowest BCUT2D eigenvalue weighted by Crippen LogP contribution is -2.43. The summed E-state index contributed by atoms with van der Waals surface area (Å²) in [5, 5.41) is 11.5. The molecular formula is C13H19ClN2O4S2. The number of carboxylic acid groups (broad SMARTS) is 1. The first kappa shape index (κ1) is 17.7. The van der Waals surface area contributed by atoms with Gasteiger partial charge < -0.3 is 10.4 Å². The van der Waals surface area contributed by atoms with Crippen LogP contribution in [0.5, 0.6) is 0 Å². The highest BCUT2D eigenvalue weighted by molar-refractivity contribution is 7.91. The molecule has 2 rings (SSSR count). The van der Waals surface area contributed by atoms with Gasteiger partial charge in [0.1, 0.15) is 4.21 Å². The van der Waals surface area contributed by atoms with Gasteiger partial charge in [-0.15, -0.1) is 11.3 Å². The van der Waals surface area contributed by atoms with Crippen molar-refractivity contribution in [2.24, 2.45) is 5.92 Å². The first-order valence-electron chi connectivity index (χ1n) is 6.99. The van der Waals surface area contributed by atoms with Gasteiger partial charge in [0.05, 0.1) is 10.9 Å². The highest BCUT2D eigenvalue weighted by Crippen LogP contribution is 2.33. The SMILES string of the molecule is Cc1cc(S(=O)(=O)N2CCCC(CNCC(=O)O)C2)sc1Cl. The van der Waals surface area contributed by atoms with E-state index in [4.69, 9.17) is 16.7 Å². The maximum atomic E-state index is 12.6. The number of hydrogen-bond acceptors (Lipinski definition) is 5. The van der Waals surface area contributed by atoms with E-state index >= 15 is 0 Å². The molecule has 0 bridgehead atoms. The van der Waals surface area contributed by atoms with Gasteiger partial charge in [0.25, 0.3) is 10.0 Å². The molecule has 9 heteroatoms. The molecule has 0 saturated carbocycles. The quantitative estimate of drug-likeness (QED) is 0.801. The maximum absolute atomic E-state index is 12.6. The fraction of sp³-hybridized carbons (Fsp3) is 0.615. The maximum Gasteiger partial charge on any atom is 0.317 e. The summed E-state index contributed by atoms with van der Waals surface area (Å²) in [7, 11) is -3.51. The lowest BCUT2D eigenvalue weighted by molar-refractivity contribution is -0.136. The standard InChI is InChI=1S/C13H19ClN2O4S2/c1-9-5-12(21-13(9)14)22(19,20)16-4-2-3-10(8-16)6-15-7-11(17)18/h5,10,15H,2-4,6-8H2,1H3,(H,17,18). The van der Waals surface area contributed by atoms with Gasteiger partial charge in [0, 0.05) is 13.1 Å². The molecule has 1 saturated heterocycles. The third-order valence-corrected chi connectivity index (χ3v) is 7.49. The van der Waals surface area contributed by atoms with Gasteiger partial charge in [-0.25, -0.2) is 8.42 Å². The van der Waals surface area contributed by atoms with Crippen molar-refractivity contribution >= 4 is 38.9 Å². The number of aliphatic carboxylic acids is 1. The second kappa shape index (κ2) is 7.27. The van der Waals surface area contributed by atoms with E-state index in [-0.39, 0.29) is 16.7 Å². The molecule has 0 spiro atoms. The highest BCUT2D eigenvalue weighted by atomic mass is 35.5. The summed E-state index contributed by atoms with van der Waals surface area (Å²) in [6.45, 7) is 3.08. The second-order valence-electron chi connectivity index (χ2n) is 5.42. The minimum absolute atomic E-state index is 0.108. The molecule has 22 heavy (non-hydrogen) atoms. The van der Waals surface area contributed by atoms with E-state index in [1.165, 1.54) is 4.31 Å². The molecule has 0 amide bonds. The van der Waals surface area contributed by atoms with E-state index in [0.29, 0.717) is 24.0 Å². The predicted molar refractivity (Wildman–Crippen MR) is 86.1 cm³/mol. The summed E-state index contributed by atoms with van der Waals surface area (Å²) in [6, 6.07) is 1.61. The van der Waals surface area contributed by atoms with Crippen molar-refractivity contribution in [3.05, 3.63) is 16.0 Å². The van der Waals surface area contributed by atoms with Crippen molar-refractivity contribution in [3.63, 3.8) is 0 Å². The van der Waals surface area contributed by atoms with E-state index in [1.807, 2.05) is 0 Å². The molecule has 0 aliphatic carbocycles. The van der Waals surface area contributed by atoms with Crippen LogP contribution in [0.2, 0.25) is 4.34 Å². The number of piperidine rings is 1. The summed E-state index contributed by atoms with van der Waals surface area (Å²) in [4.78, 5) is 10.5. The van der Waals surface area contributed by atoms with Gasteiger partial charge in [0.15, 0.2) is 0 Å². The van der Waals surface area contributed by atoms with Crippen LogP contribution in [0.1, 0.15) is 18.4 Å². The minimum atomic E-state index is -3.51. The average Bonchev–Trinajstić information content (AvgIpc) is 2.79. The molecule has 1 unspecified atom stereocenters. The summed E-state index contributed by atoms with van der Waals surface area (Å²) >= 11 is 7.05. The molecule has 1 aliphatic heterocycles. The lowest BCUT2D eigenvalue weighted by Gasteiger charge is -2.31. The van der Waals surface area contributed by atoms with Crippen molar-refractivity contribution in [2.45, 2.75) is 24.0 Å². The second-order valence-corrected chi connectivity index (χ2v) is 9.24. The number of hydrogen-bond donors (Lipinski definition) is 2. The fourth-order valence-corrected chi connectivity index (χ4v) is 5.90. The first-order chi connectivity index (χ1) is 10.3. The number of sulfonamides is 1. The molecule has 1 aromatic heterocycles. The Hall–Kier alpha value is -0.670. The summed E-state index contributed by atoms with van der Waals surface area (Å²) in [6.07, 6.45) is 1.67. The van der Waals surface area contributed by atoms with Crippen molar-refractivity contribution in [2.75, 3.05) is 26.2 Å². The number of nitrogens with one attached hydrogen (secondary N) is 1. The van der Waals surface area contributed by atoms with Gasteiger partial charge in [-0.05, 0) is 43.9 Å². The molecule has 2 heterocycles. The van der Waals surface area contributed by atoms with Crippen LogP contribution in [0.15, 0.2) is 10.3 Å². The fourth-order valence-electron chi connectivity index (χ4n) is 2.48. The molecule has 1 aliphatic rings. The smallest absolute Gasteiger partial charge is 0.317 e. The van der Waals surface area contributed by atoms with Gasteiger partial charge in [-0.2, -0.15) is 4.31 Å². The summed E-state index contributed by atoms with van der Waals surface area (Å²) in [5.74, 6) is -0.789.